The monoisotopic (exact) mass is 271 g/mol. The van der Waals surface area contributed by atoms with Gasteiger partial charge in [-0.3, -0.25) is 0 Å². The normalized spacial score (nSPS) is 12.0. The SMILES string of the molecule is Nc1cccc(NC(=O)Nc2ccc3c(c2)OCO3)c1. The number of ether oxygens (including phenoxy) is 2. The molecule has 2 aromatic carbocycles. The number of fused-ring (bicyclic) bond motifs is 1. The van der Waals surface area contributed by atoms with E-state index in [1.54, 1.807) is 42.5 Å². The fourth-order valence-electron chi connectivity index (χ4n) is 1.88. The molecule has 0 radical (unpaired) electrons. The lowest BCUT2D eigenvalue weighted by Crippen LogP contribution is -2.19. The van der Waals surface area contributed by atoms with Crippen molar-refractivity contribution in [2.75, 3.05) is 23.2 Å². The molecule has 0 spiro atoms. The molecule has 1 heterocycles. The standard InChI is InChI=1S/C14H13N3O3/c15-9-2-1-3-10(6-9)16-14(18)17-11-4-5-12-13(7-11)20-8-19-12/h1-7H,8,15H2,(H2,16,17,18). The van der Waals surface area contributed by atoms with Gasteiger partial charge in [0.05, 0.1) is 0 Å². The van der Waals surface area contributed by atoms with Gasteiger partial charge in [0.1, 0.15) is 0 Å². The van der Waals surface area contributed by atoms with Gasteiger partial charge >= 0.3 is 6.03 Å². The maximum atomic E-state index is 11.9. The predicted molar refractivity (Wildman–Crippen MR) is 76.1 cm³/mol. The molecule has 6 heteroatoms. The van der Waals surface area contributed by atoms with E-state index in [4.69, 9.17) is 15.2 Å². The molecule has 3 rings (SSSR count). The van der Waals surface area contributed by atoms with Crippen LogP contribution in [0.3, 0.4) is 0 Å². The molecule has 0 atom stereocenters. The van der Waals surface area contributed by atoms with Crippen molar-refractivity contribution in [3.63, 3.8) is 0 Å². The van der Waals surface area contributed by atoms with E-state index < -0.39 is 0 Å². The van der Waals surface area contributed by atoms with Gasteiger partial charge < -0.3 is 25.8 Å². The Bertz CT molecular complexity index is 658. The zero-order valence-corrected chi connectivity index (χ0v) is 10.6. The number of nitrogens with two attached hydrogens (primary N) is 1. The van der Waals surface area contributed by atoms with E-state index in [1.165, 1.54) is 0 Å². The third-order valence-corrected chi connectivity index (χ3v) is 2.77. The van der Waals surface area contributed by atoms with Crippen molar-refractivity contribution in [1.29, 1.82) is 0 Å². The Balaban J connectivity index is 1.67. The van der Waals surface area contributed by atoms with Crippen LogP contribution in [0.25, 0.3) is 0 Å². The molecule has 0 aromatic heterocycles. The molecular formula is C14H13N3O3. The second-order valence-electron chi connectivity index (χ2n) is 4.27. The van der Waals surface area contributed by atoms with Crippen LogP contribution in [0.1, 0.15) is 0 Å². The third kappa shape index (κ3) is 2.59. The predicted octanol–water partition coefficient (Wildman–Crippen LogP) is 2.64. The summed E-state index contributed by atoms with van der Waals surface area (Å²) in [6.45, 7) is 0.203. The van der Waals surface area contributed by atoms with Crippen LogP contribution in [0.2, 0.25) is 0 Å². The van der Waals surface area contributed by atoms with Gasteiger partial charge in [-0.1, -0.05) is 6.07 Å². The van der Waals surface area contributed by atoms with E-state index in [9.17, 15) is 4.79 Å². The van der Waals surface area contributed by atoms with E-state index in [0.29, 0.717) is 28.6 Å². The number of amides is 2. The number of carbonyl (C=O) groups is 1. The lowest BCUT2D eigenvalue weighted by molar-refractivity contribution is 0.174. The first-order valence-electron chi connectivity index (χ1n) is 6.04. The van der Waals surface area contributed by atoms with Crippen molar-refractivity contribution < 1.29 is 14.3 Å². The summed E-state index contributed by atoms with van der Waals surface area (Å²) >= 11 is 0. The Hall–Kier alpha value is -2.89. The van der Waals surface area contributed by atoms with Crippen LogP contribution in [0.5, 0.6) is 11.5 Å². The number of nitrogens with one attached hydrogen (secondary N) is 2. The van der Waals surface area contributed by atoms with E-state index >= 15 is 0 Å². The molecule has 0 bridgehead atoms. The van der Waals surface area contributed by atoms with Gasteiger partial charge in [-0.05, 0) is 30.3 Å². The minimum atomic E-state index is -0.352. The Morgan fingerprint density at radius 1 is 1.00 bits per heavy atom. The Morgan fingerprint density at radius 2 is 1.75 bits per heavy atom. The molecule has 102 valence electrons. The van der Waals surface area contributed by atoms with Crippen LogP contribution in [0.4, 0.5) is 21.9 Å². The molecule has 0 aliphatic carbocycles. The summed E-state index contributed by atoms with van der Waals surface area (Å²) in [5.74, 6) is 1.29. The van der Waals surface area contributed by atoms with Crippen LogP contribution < -0.4 is 25.8 Å². The zero-order valence-electron chi connectivity index (χ0n) is 10.6. The second-order valence-corrected chi connectivity index (χ2v) is 4.27. The molecular weight excluding hydrogens is 258 g/mol. The average molecular weight is 271 g/mol. The summed E-state index contributed by atoms with van der Waals surface area (Å²) in [5.41, 5.74) is 7.48. The number of anilines is 3. The third-order valence-electron chi connectivity index (χ3n) is 2.77. The van der Waals surface area contributed by atoms with Crippen molar-refractivity contribution in [1.82, 2.24) is 0 Å². The van der Waals surface area contributed by atoms with Crippen molar-refractivity contribution in [3.05, 3.63) is 42.5 Å². The number of hydrogen-bond acceptors (Lipinski definition) is 4. The highest BCUT2D eigenvalue weighted by atomic mass is 16.7. The fourth-order valence-corrected chi connectivity index (χ4v) is 1.88. The van der Waals surface area contributed by atoms with Crippen molar-refractivity contribution in [2.24, 2.45) is 0 Å². The molecule has 4 N–H and O–H groups in total. The van der Waals surface area contributed by atoms with Crippen LogP contribution in [0.15, 0.2) is 42.5 Å². The lowest BCUT2D eigenvalue weighted by atomic mass is 10.2. The number of carbonyl (C=O) groups excluding carboxylic acids is 1. The first kappa shape index (κ1) is 12.2. The molecule has 0 fully saturated rings. The highest BCUT2D eigenvalue weighted by molar-refractivity contribution is 6.00. The quantitative estimate of drug-likeness (QED) is 0.733. The lowest BCUT2D eigenvalue weighted by Gasteiger charge is -2.08. The van der Waals surface area contributed by atoms with Crippen molar-refractivity contribution in [3.8, 4) is 11.5 Å². The second kappa shape index (κ2) is 5.00. The zero-order chi connectivity index (χ0) is 13.9. The van der Waals surface area contributed by atoms with Crippen molar-refractivity contribution >= 4 is 23.1 Å². The largest absolute Gasteiger partial charge is 0.454 e. The number of benzene rings is 2. The van der Waals surface area contributed by atoms with Gasteiger partial charge in [0.25, 0.3) is 0 Å². The first-order chi connectivity index (χ1) is 9.70. The average Bonchev–Trinajstić information content (AvgIpc) is 2.86. The molecule has 2 aromatic rings. The minimum absolute atomic E-state index is 0.203. The van der Waals surface area contributed by atoms with Gasteiger partial charge in [0.2, 0.25) is 6.79 Å². The number of urea groups is 1. The van der Waals surface area contributed by atoms with E-state index in [0.717, 1.165) is 0 Å². The highest BCUT2D eigenvalue weighted by Gasteiger charge is 2.14. The summed E-state index contributed by atoms with van der Waals surface area (Å²) in [5, 5.41) is 5.41. The Morgan fingerprint density at radius 3 is 2.55 bits per heavy atom. The van der Waals surface area contributed by atoms with Crippen LogP contribution in [0, 0.1) is 0 Å². The minimum Gasteiger partial charge on any atom is -0.454 e. The van der Waals surface area contributed by atoms with Crippen LogP contribution in [-0.4, -0.2) is 12.8 Å². The number of rotatable bonds is 2. The van der Waals surface area contributed by atoms with Gasteiger partial charge in [-0.25, -0.2) is 4.79 Å². The number of nitrogen functional groups attached to an aromatic ring is 1. The van der Waals surface area contributed by atoms with Gasteiger partial charge in [0.15, 0.2) is 11.5 Å². The van der Waals surface area contributed by atoms with E-state index in [1.807, 2.05) is 0 Å². The molecule has 1 aliphatic rings. The summed E-state index contributed by atoms with van der Waals surface area (Å²) < 4.78 is 10.4. The molecule has 0 unspecified atom stereocenters. The molecule has 0 saturated heterocycles. The van der Waals surface area contributed by atoms with Crippen LogP contribution in [-0.2, 0) is 0 Å². The first-order valence-corrected chi connectivity index (χ1v) is 6.04. The Labute approximate surface area is 115 Å². The highest BCUT2D eigenvalue weighted by Crippen LogP contribution is 2.34. The molecule has 20 heavy (non-hydrogen) atoms. The van der Waals surface area contributed by atoms with Crippen molar-refractivity contribution in [2.45, 2.75) is 0 Å². The maximum Gasteiger partial charge on any atom is 0.323 e. The summed E-state index contributed by atoms with van der Waals surface area (Å²) in [4.78, 5) is 11.9. The van der Waals surface area contributed by atoms with Gasteiger partial charge in [-0.2, -0.15) is 0 Å². The topological polar surface area (TPSA) is 85.6 Å². The van der Waals surface area contributed by atoms with Crippen LogP contribution >= 0.6 is 0 Å². The molecule has 1 aliphatic heterocycles. The summed E-state index contributed by atoms with van der Waals surface area (Å²) in [6, 6.07) is 11.8. The molecule has 6 nitrogen and oxygen atoms in total. The molecule has 0 saturated carbocycles. The number of hydrogen-bond donors (Lipinski definition) is 3. The van der Waals surface area contributed by atoms with Gasteiger partial charge in [-0.15, -0.1) is 0 Å². The van der Waals surface area contributed by atoms with E-state index in [2.05, 4.69) is 10.6 Å². The van der Waals surface area contributed by atoms with E-state index in [-0.39, 0.29) is 12.8 Å². The summed E-state index contributed by atoms with van der Waals surface area (Å²) in [6.07, 6.45) is 0. The smallest absolute Gasteiger partial charge is 0.323 e. The van der Waals surface area contributed by atoms with Gasteiger partial charge in [0, 0.05) is 23.1 Å². The fraction of sp³-hybridized carbons (Fsp3) is 0.0714. The molecule has 2 amide bonds. The maximum absolute atomic E-state index is 11.9. The summed E-state index contributed by atoms with van der Waals surface area (Å²) in [7, 11) is 0. The Kier molecular flexibility index (Phi) is 3.04.